The largest absolute Gasteiger partial charge is 0.439 e. The zero-order valence-electron chi connectivity index (χ0n) is 16.4. The summed E-state index contributed by atoms with van der Waals surface area (Å²) in [6, 6.07) is 14.5. The number of hydrogen-bond donors (Lipinski definition) is 2. The maximum Gasteiger partial charge on any atom is 0.439 e. The lowest BCUT2D eigenvalue weighted by Crippen LogP contribution is -2.26. The topological polar surface area (TPSA) is 115 Å². The van der Waals surface area contributed by atoms with Crippen molar-refractivity contribution < 1.29 is 9.32 Å². The summed E-state index contributed by atoms with van der Waals surface area (Å²) in [5.74, 6) is -0.585. The molecule has 0 aliphatic heterocycles. The molecule has 0 aliphatic carbocycles. The molecule has 2 N–H and O–H groups in total. The summed E-state index contributed by atoms with van der Waals surface area (Å²) >= 11 is 0. The van der Waals surface area contributed by atoms with Crippen molar-refractivity contribution >= 4 is 22.6 Å². The monoisotopic (exact) mass is 407 g/mol. The van der Waals surface area contributed by atoms with E-state index in [1.807, 2.05) is 31.2 Å². The van der Waals surface area contributed by atoms with Crippen LogP contribution in [0.5, 0.6) is 0 Å². The van der Waals surface area contributed by atoms with Gasteiger partial charge in [0.2, 0.25) is 5.91 Å². The molecule has 0 unspecified atom stereocenters. The molecule has 9 nitrogen and oxygen atoms in total. The lowest BCUT2D eigenvalue weighted by atomic mass is 10.2. The van der Waals surface area contributed by atoms with Gasteiger partial charge in [0.1, 0.15) is 0 Å². The molecule has 0 saturated carbocycles. The fourth-order valence-corrected chi connectivity index (χ4v) is 3.46. The molecule has 4 rings (SSSR count). The number of carbonyl (C=O) groups is 1. The van der Waals surface area contributed by atoms with Crippen LogP contribution < -0.4 is 16.8 Å². The fourth-order valence-electron chi connectivity index (χ4n) is 3.46. The third kappa shape index (κ3) is 3.82. The van der Waals surface area contributed by atoms with Crippen LogP contribution in [0.4, 0.5) is 5.69 Å². The number of aryl methyl sites for hydroxylation is 2. The van der Waals surface area contributed by atoms with Crippen LogP contribution in [0.15, 0.2) is 62.6 Å². The van der Waals surface area contributed by atoms with Crippen LogP contribution in [0, 0.1) is 0 Å². The number of carbonyl (C=O) groups excluding carboxylic acids is 1. The molecule has 0 saturated heterocycles. The minimum Gasteiger partial charge on any atom is -0.326 e. The van der Waals surface area contributed by atoms with E-state index in [2.05, 4.69) is 20.0 Å². The van der Waals surface area contributed by atoms with Gasteiger partial charge in [-0.25, -0.2) is 9.59 Å². The zero-order chi connectivity index (χ0) is 21.1. The molecular weight excluding hydrogens is 386 g/mol. The van der Waals surface area contributed by atoms with E-state index in [0.29, 0.717) is 17.8 Å². The molecule has 2 aromatic heterocycles. The second-order valence-corrected chi connectivity index (χ2v) is 6.90. The van der Waals surface area contributed by atoms with Crippen molar-refractivity contribution in [3.05, 3.63) is 69.6 Å². The standard InChI is InChI=1S/C21H21N5O4/c1-2-11-25-16-8-3-4-9-17(16)26(21(25)29)12-10-18(27)22-15-7-5-6-14(13-15)19-23-20(28)30-24-19/h3-9,13H,2,10-12H2,1H3,(H,22,27)(H,23,24,28). The lowest BCUT2D eigenvalue weighted by molar-refractivity contribution is -0.116. The Morgan fingerprint density at radius 3 is 2.47 bits per heavy atom. The van der Waals surface area contributed by atoms with Crippen molar-refractivity contribution in [1.82, 2.24) is 19.3 Å². The van der Waals surface area contributed by atoms with Crippen molar-refractivity contribution in [2.24, 2.45) is 0 Å². The van der Waals surface area contributed by atoms with Crippen molar-refractivity contribution in [1.29, 1.82) is 0 Å². The molecule has 30 heavy (non-hydrogen) atoms. The molecular formula is C21H21N5O4. The molecule has 0 bridgehead atoms. The normalized spacial score (nSPS) is 11.1. The van der Waals surface area contributed by atoms with Crippen LogP contribution in [-0.4, -0.2) is 25.2 Å². The van der Waals surface area contributed by atoms with Crippen molar-refractivity contribution in [2.45, 2.75) is 32.9 Å². The first-order chi connectivity index (χ1) is 14.6. The van der Waals surface area contributed by atoms with Crippen molar-refractivity contribution in [3.8, 4) is 11.4 Å². The van der Waals surface area contributed by atoms with Gasteiger partial charge in [-0.15, -0.1) is 0 Å². The Balaban J connectivity index is 1.49. The van der Waals surface area contributed by atoms with E-state index in [1.165, 1.54) is 0 Å². The minimum atomic E-state index is -0.646. The van der Waals surface area contributed by atoms with E-state index in [9.17, 15) is 14.4 Å². The van der Waals surface area contributed by atoms with E-state index in [0.717, 1.165) is 17.5 Å². The number of H-pyrrole nitrogens is 1. The highest BCUT2D eigenvalue weighted by Crippen LogP contribution is 2.19. The van der Waals surface area contributed by atoms with E-state index in [-0.39, 0.29) is 30.4 Å². The summed E-state index contributed by atoms with van der Waals surface area (Å²) in [5.41, 5.74) is 2.75. The second kappa shape index (κ2) is 8.24. The maximum atomic E-state index is 12.8. The molecule has 0 spiro atoms. The van der Waals surface area contributed by atoms with Gasteiger partial charge in [0.15, 0.2) is 5.82 Å². The van der Waals surface area contributed by atoms with E-state index in [4.69, 9.17) is 0 Å². The van der Waals surface area contributed by atoms with Crippen LogP contribution in [0.3, 0.4) is 0 Å². The smallest absolute Gasteiger partial charge is 0.326 e. The van der Waals surface area contributed by atoms with Crippen LogP contribution >= 0.6 is 0 Å². The number of amides is 1. The Hall–Kier alpha value is -3.88. The molecule has 4 aromatic rings. The Bertz CT molecular complexity index is 1310. The average molecular weight is 407 g/mol. The van der Waals surface area contributed by atoms with Crippen LogP contribution in [0.1, 0.15) is 19.8 Å². The van der Waals surface area contributed by atoms with Crippen molar-refractivity contribution in [2.75, 3.05) is 5.32 Å². The first-order valence-electron chi connectivity index (χ1n) is 9.71. The molecule has 0 fully saturated rings. The number of rotatable bonds is 7. The number of para-hydroxylation sites is 2. The molecule has 0 radical (unpaired) electrons. The molecule has 1 amide bonds. The van der Waals surface area contributed by atoms with Crippen molar-refractivity contribution in [3.63, 3.8) is 0 Å². The number of fused-ring (bicyclic) bond motifs is 1. The summed E-state index contributed by atoms with van der Waals surface area (Å²) < 4.78 is 7.90. The predicted octanol–water partition coefficient (Wildman–Crippen LogP) is 2.59. The number of aromatic nitrogens is 4. The molecule has 0 aliphatic rings. The first-order valence-corrected chi connectivity index (χ1v) is 9.71. The summed E-state index contributed by atoms with van der Waals surface area (Å²) in [7, 11) is 0. The number of aromatic amines is 1. The summed E-state index contributed by atoms with van der Waals surface area (Å²) in [6.07, 6.45) is 0.993. The SMILES string of the molecule is CCCn1c(=O)n(CCC(=O)Nc2cccc(-c3noc(=O)[nH]3)c2)c2ccccc21. The third-order valence-electron chi connectivity index (χ3n) is 4.79. The summed E-state index contributed by atoms with van der Waals surface area (Å²) in [5, 5.41) is 6.46. The summed E-state index contributed by atoms with van der Waals surface area (Å²) in [4.78, 5) is 38.9. The van der Waals surface area contributed by atoms with E-state index in [1.54, 1.807) is 33.4 Å². The number of nitrogens with zero attached hydrogens (tertiary/aromatic N) is 3. The van der Waals surface area contributed by atoms with Gasteiger partial charge in [-0.1, -0.05) is 36.3 Å². The number of anilines is 1. The summed E-state index contributed by atoms with van der Waals surface area (Å²) in [6.45, 7) is 2.93. The van der Waals surface area contributed by atoms with Gasteiger partial charge in [-0.3, -0.25) is 23.4 Å². The fraction of sp³-hybridized carbons (Fsp3) is 0.238. The van der Waals surface area contributed by atoms with E-state index < -0.39 is 5.76 Å². The molecule has 2 aromatic carbocycles. The Morgan fingerprint density at radius 1 is 1.07 bits per heavy atom. The molecule has 2 heterocycles. The van der Waals surface area contributed by atoms with Gasteiger partial charge in [0.25, 0.3) is 0 Å². The highest BCUT2D eigenvalue weighted by atomic mass is 16.5. The van der Waals surface area contributed by atoms with Gasteiger partial charge in [0.05, 0.1) is 11.0 Å². The van der Waals surface area contributed by atoms with Crippen LogP contribution in [0.25, 0.3) is 22.4 Å². The Morgan fingerprint density at radius 2 is 1.80 bits per heavy atom. The minimum absolute atomic E-state index is 0.108. The number of benzene rings is 2. The van der Waals surface area contributed by atoms with Gasteiger partial charge in [-0.05, 0) is 30.7 Å². The van der Waals surface area contributed by atoms with Gasteiger partial charge >= 0.3 is 11.4 Å². The van der Waals surface area contributed by atoms with Crippen LogP contribution in [-0.2, 0) is 17.9 Å². The maximum absolute atomic E-state index is 12.8. The zero-order valence-corrected chi connectivity index (χ0v) is 16.4. The lowest BCUT2D eigenvalue weighted by Gasteiger charge is -2.07. The number of imidazole rings is 1. The molecule has 0 atom stereocenters. The number of hydrogen-bond acceptors (Lipinski definition) is 5. The Kier molecular flexibility index (Phi) is 5.34. The highest BCUT2D eigenvalue weighted by Gasteiger charge is 2.14. The third-order valence-corrected chi connectivity index (χ3v) is 4.79. The quantitative estimate of drug-likeness (QED) is 0.489. The van der Waals surface area contributed by atoms with Crippen LogP contribution in [0.2, 0.25) is 0 Å². The van der Waals surface area contributed by atoms with E-state index >= 15 is 0 Å². The molecule has 154 valence electrons. The second-order valence-electron chi connectivity index (χ2n) is 6.90. The number of nitrogens with one attached hydrogen (secondary N) is 2. The first kappa shape index (κ1) is 19.4. The highest BCUT2D eigenvalue weighted by molar-refractivity contribution is 5.91. The molecule has 9 heteroatoms. The average Bonchev–Trinajstić information content (AvgIpc) is 3.29. The Labute approximate surface area is 170 Å². The van der Waals surface area contributed by atoms with Gasteiger partial charge in [0, 0.05) is 30.8 Å². The van der Waals surface area contributed by atoms with Gasteiger partial charge in [-0.2, -0.15) is 0 Å². The predicted molar refractivity (Wildman–Crippen MR) is 112 cm³/mol. The van der Waals surface area contributed by atoms with Gasteiger partial charge < -0.3 is 5.32 Å².